The number of hydrogen-bond acceptors (Lipinski definition) is 4. The van der Waals surface area contributed by atoms with E-state index in [1.165, 1.54) is 0 Å². The van der Waals surface area contributed by atoms with Crippen LogP contribution in [0.15, 0.2) is 54.6 Å². The van der Waals surface area contributed by atoms with Crippen molar-refractivity contribution >= 4 is 16.9 Å². The van der Waals surface area contributed by atoms with E-state index in [-0.39, 0.29) is 12.5 Å². The third-order valence-corrected chi connectivity index (χ3v) is 5.21. The van der Waals surface area contributed by atoms with Gasteiger partial charge in [-0.25, -0.2) is 4.98 Å². The number of benzene rings is 2. The van der Waals surface area contributed by atoms with E-state index in [1.807, 2.05) is 64.1 Å². The van der Waals surface area contributed by atoms with E-state index < -0.39 is 0 Å². The number of aromatic nitrogens is 2. The predicted molar refractivity (Wildman–Crippen MR) is 109 cm³/mol. The van der Waals surface area contributed by atoms with Gasteiger partial charge in [-0.15, -0.1) is 0 Å². The summed E-state index contributed by atoms with van der Waals surface area (Å²) >= 11 is 0. The van der Waals surface area contributed by atoms with E-state index >= 15 is 0 Å². The molecule has 6 nitrogen and oxygen atoms in total. The zero-order valence-electron chi connectivity index (χ0n) is 16.3. The summed E-state index contributed by atoms with van der Waals surface area (Å²) < 4.78 is 7.90. The van der Waals surface area contributed by atoms with Gasteiger partial charge in [0.05, 0.1) is 11.0 Å². The Bertz CT molecular complexity index is 938. The Kier molecular flexibility index (Phi) is 5.58. The molecule has 2 aromatic carbocycles. The average Bonchev–Trinajstić information content (AvgIpc) is 2.91. The zero-order valence-corrected chi connectivity index (χ0v) is 16.3. The molecule has 1 saturated heterocycles. The largest absolute Gasteiger partial charge is 0.486 e. The Hall–Kier alpha value is -2.86. The molecule has 0 aliphatic carbocycles. The van der Waals surface area contributed by atoms with Gasteiger partial charge in [-0.1, -0.05) is 30.3 Å². The highest BCUT2D eigenvalue weighted by Gasteiger charge is 2.20. The number of ether oxygens (including phenoxy) is 1. The highest BCUT2D eigenvalue weighted by Crippen LogP contribution is 2.19. The van der Waals surface area contributed by atoms with Crippen LogP contribution in [0.1, 0.15) is 12.2 Å². The molecule has 1 aliphatic rings. The van der Waals surface area contributed by atoms with Gasteiger partial charge in [0.2, 0.25) is 5.91 Å². The van der Waals surface area contributed by atoms with Gasteiger partial charge in [-0.2, -0.15) is 0 Å². The lowest BCUT2D eigenvalue weighted by Gasteiger charge is -2.21. The lowest BCUT2D eigenvalue weighted by molar-refractivity contribution is -0.131. The van der Waals surface area contributed by atoms with Crippen LogP contribution >= 0.6 is 0 Å². The third kappa shape index (κ3) is 4.17. The van der Waals surface area contributed by atoms with Crippen molar-refractivity contribution in [2.75, 3.05) is 33.2 Å². The molecule has 1 aliphatic heterocycles. The molecule has 0 unspecified atom stereocenters. The lowest BCUT2D eigenvalue weighted by atomic mass is 10.3. The van der Waals surface area contributed by atoms with E-state index in [2.05, 4.69) is 11.9 Å². The van der Waals surface area contributed by atoms with E-state index in [9.17, 15) is 4.79 Å². The SMILES string of the molecule is CN1CCCN(C(=O)Cn2c(COc3ccccc3)nc3ccccc32)CC1. The molecule has 0 spiro atoms. The van der Waals surface area contributed by atoms with Crippen molar-refractivity contribution in [3.63, 3.8) is 0 Å². The maximum Gasteiger partial charge on any atom is 0.242 e. The van der Waals surface area contributed by atoms with Crippen LogP contribution in [0.3, 0.4) is 0 Å². The number of amides is 1. The van der Waals surface area contributed by atoms with Crippen LogP contribution in [0.25, 0.3) is 11.0 Å². The van der Waals surface area contributed by atoms with Crippen LogP contribution in [-0.4, -0.2) is 58.5 Å². The Morgan fingerprint density at radius 1 is 1.00 bits per heavy atom. The second-order valence-corrected chi connectivity index (χ2v) is 7.24. The lowest BCUT2D eigenvalue weighted by Crippen LogP contribution is -2.37. The first-order chi connectivity index (χ1) is 13.7. The molecule has 2 heterocycles. The van der Waals surface area contributed by atoms with Crippen molar-refractivity contribution in [3.05, 3.63) is 60.4 Å². The van der Waals surface area contributed by atoms with Crippen molar-refractivity contribution in [3.8, 4) is 5.75 Å². The van der Waals surface area contributed by atoms with Crippen molar-refractivity contribution < 1.29 is 9.53 Å². The van der Waals surface area contributed by atoms with E-state index in [0.29, 0.717) is 6.61 Å². The minimum atomic E-state index is 0.138. The Balaban J connectivity index is 1.55. The number of imidazole rings is 1. The van der Waals surface area contributed by atoms with Crippen molar-refractivity contribution in [1.82, 2.24) is 19.4 Å². The molecule has 28 heavy (non-hydrogen) atoms. The first-order valence-electron chi connectivity index (χ1n) is 9.79. The van der Waals surface area contributed by atoms with Crippen molar-refractivity contribution in [2.24, 2.45) is 0 Å². The maximum absolute atomic E-state index is 13.0. The number of para-hydroxylation sites is 3. The molecule has 0 atom stereocenters. The summed E-state index contributed by atoms with van der Waals surface area (Å²) in [6.07, 6.45) is 1.01. The van der Waals surface area contributed by atoms with E-state index in [4.69, 9.17) is 9.72 Å². The van der Waals surface area contributed by atoms with Crippen molar-refractivity contribution in [2.45, 2.75) is 19.6 Å². The van der Waals surface area contributed by atoms with Gasteiger partial charge in [-0.05, 0) is 44.3 Å². The Labute approximate surface area is 165 Å². The van der Waals surface area contributed by atoms with Gasteiger partial charge < -0.3 is 19.1 Å². The van der Waals surface area contributed by atoms with Gasteiger partial charge in [0, 0.05) is 19.6 Å². The van der Waals surface area contributed by atoms with Gasteiger partial charge in [-0.3, -0.25) is 4.79 Å². The molecule has 146 valence electrons. The summed E-state index contributed by atoms with van der Waals surface area (Å²) in [4.78, 5) is 22.0. The fourth-order valence-corrected chi connectivity index (χ4v) is 3.61. The first-order valence-corrected chi connectivity index (χ1v) is 9.79. The van der Waals surface area contributed by atoms with E-state index in [1.54, 1.807) is 0 Å². The molecule has 1 aromatic heterocycles. The molecule has 0 radical (unpaired) electrons. The minimum absolute atomic E-state index is 0.138. The van der Waals surface area contributed by atoms with Crippen molar-refractivity contribution in [1.29, 1.82) is 0 Å². The number of nitrogens with zero attached hydrogens (tertiary/aromatic N) is 4. The van der Waals surface area contributed by atoms with Gasteiger partial charge in [0.1, 0.15) is 24.7 Å². The van der Waals surface area contributed by atoms with Crippen LogP contribution in [0.4, 0.5) is 0 Å². The van der Waals surface area contributed by atoms with Crippen LogP contribution in [0, 0.1) is 0 Å². The molecule has 1 amide bonds. The second kappa shape index (κ2) is 8.44. The molecule has 0 bridgehead atoms. The highest BCUT2D eigenvalue weighted by atomic mass is 16.5. The smallest absolute Gasteiger partial charge is 0.242 e. The maximum atomic E-state index is 13.0. The molecule has 3 aromatic rings. The second-order valence-electron chi connectivity index (χ2n) is 7.24. The minimum Gasteiger partial charge on any atom is -0.486 e. The molecular weight excluding hydrogens is 352 g/mol. The fourth-order valence-electron chi connectivity index (χ4n) is 3.61. The predicted octanol–water partition coefficient (Wildman–Crippen LogP) is 2.78. The summed E-state index contributed by atoms with van der Waals surface area (Å²) in [6.45, 7) is 4.16. The molecule has 0 saturated carbocycles. The summed E-state index contributed by atoms with van der Waals surface area (Å²) in [7, 11) is 2.11. The Morgan fingerprint density at radius 2 is 1.79 bits per heavy atom. The number of carbonyl (C=O) groups excluding carboxylic acids is 1. The van der Waals surface area contributed by atoms with Crippen LogP contribution in [0.5, 0.6) is 5.75 Å². The quantitative estimate of drug-likeness (QED) is 0.685. The average molecular weight is 378 g/mol. The van der Waals surface area contributed by atoms with Crippen LogP contribution in [-0.2, 0) is 17.9 Å². The Morgan fingerprint density at radius 3 is 2.64 bits per heavy atom. The van der Waals surface area contributed by atoms with Crippen LogP contribution < -0.4 is 4.74 Å². The molecular formula is C22H26N4O2. The van der Waals surface area contributed by atoms with Gasteiger partial charge in [0.15, 0.2) is 0 Å². The number of likely N-dealkylation sites (N-methyl/N-ethyl adjacent to an activating group) is 1. The normalized spacial score (nSPS) is 15.5. The monoisotopic (exact) mass is 378 g/mol. The number of fused-ring (bicyclic) bond motifs is 1. The van der Waals surface area contributed by atoms with Crippen LogP contribution in [0.2, 0.25) is 0 Å². The number of carbonyl (C=O) groups is 1. The molecule has 4 rings (SSSR count). The highest BCUT2D eigenvalue weighted by molar-refractivity contribution is 5.81. The topological polar surface area (TPSA) is 50.6 Å². The zero-order chi connectivity index (χ0) is 19.3. The standard InChI is InChI=1S/C22H26N4O2/c1-24-12-7-13-25(15-14-24)22(27)16-26-20-11-6-5-10-19(20)23-21(26)17-28-18-8-3-2-4-9-18/h2-6,8-11H,7,12-17H2,1H3. The number of rotatable bonds is 5. The molecule has 6 heteroatoms. The first kappa shape index (κ1) is 18.5. The van der Waals surface area contributed by atoms with Gasteiger partial charge in [0.25, 0.3) is 0 Å². The van der Waals surface area contributed by atoms with Gasteiger partial charge >= 0.3 is 0 Å². The molecule has 1 fully saturated rings. The number of hydrogen-bond donors (Lipinski definition) is 0. The fraction of sp³-hybridized carbons (Fsp3) is 0.364. The summed E-state index contributed by atoms with van der Waals surface area (Å²) in [5, 5.41) is 0. The summed E-state index contributed by atoms with van der Waals surface area (Å²) in [5.41, 5.74) is 1.85. The van der Waals surface area contributed by atoms with E-state index in [0.717, 1.165) is 55.2 Å². The summed E-state index contributed by atoms with van der Waals surface area (Å²) in [5.74, 6) is 1.70. The summed E-state index contributed by atoms with van der Waals surface area (Å²) in [6, 6.07) is 17.6. The molecule has 0 N–H and O–H groups in total. The third-order valence-electron chi connectivity index (χ3n) is 5.21.